The van der Waals surface area contributed by atoms with Crippen LogP contribution in [0.1, 0.15) is 83.3 Å². The molecule has 0 radical (unpaired) electrons. The van der Waals surface area contributed by atoms with Gasteiger partial charge in [-0.1, -0.05) is 52.0 Å². The summed E-state index contributed by atoms with van der Waals surface area (Å²) in [6.45, 7) is 11.4. The Morgan fingerprint density at radius 2 is 1.79 bits per heavy atom. The van der Waals surface area contributed by atoms with Gasteiger partial charge in [-0.05, 0) is 55.6 Å². The first-order valence-corrected chi connectivity index (χ1v) is 12.8. The second-order valence-corrected chi connectivity index (χ2v) is 10.2. The van der Waals surface area contributed by atoms with Crippen LogP contribution in [0.4, 0.5) is 0 Å². The van der Waals surface area contributed by atoms with Crippen molar-refractivity contribution in [2.45, 2.75) is 78.2 Å². The average molecular weight is 480 g/mol. The highest BCUT2D eigenvalue weighted by Crippen LogP contribution is 2.37. The van der Waals surface area contributed by atoms with Gasteiger partial charge in [0.1, 0.15) is 19.3 Å². The number of hydrogen-bond donors (Lipinski definition) is 3. The van der Waals surface area contributed by atoms with Crippen LogP contribution in [0.5, 0.6) is 0 Å². The molecule has 1 rings (SSSR count). The van der Waals surface area contributed by atoms with Crippen LogP contribution in [0.25, 0.3) is 0 Å². The van der Waals surface area contributed by atoms with E-state index in [4.69, 9.17) is 4.74 Å². The van der Waals surface area contributed by atoms with E-state index in [1.807, 2.05) is 19.2 Å². The first-order chi connectivity index (χ1) is 16.0. The molecule has 194 valence electrons. The average Bonchev–Trinajstić information content (AvgIpc) is 2.84. The molecule has 0 aliphatic heterocycles. The predicted octanol–water partition coefficient (Wildman–Crippen LogP) is 1.87. The van der Waals surface area contributed by atoms with E-state index >= 15 is 0 Å². The van der Waals surface area contributed by atoms with E-state index in [-0.39, 0.29) is 30.3 Å². The maximum Gasteiger partial charge on any atom is 0.311 e. The lowest BCUT2D eigenvalue weighted by molar-refractivity contribution is -0.769. The molecule has 1 aromatic rings. The Bertz CT molecular complexity index is 770. The summed E-state index contributed by atoms with van der Waals surface area (Å²) >= 11 is 0. The fourth-order valence-electron chi connectivity index (χ4n) is 4.25. The van der Waals surface area contributed by atoms with Gasteiger partial charge in [-0.15, -0.1) is 0 Å². The van der Waals surface area contributed by atoms with Crippen LogP contribution in [-0.2, 0) is 14.3 Å². The number of amides is 1. The number of ether oxygens (including phenoxy) is 1. The van der Waals surface area contributed by atoms with E-state index in [1.165, 1.54) is 11.1 Å². The van der Waals surface area contributed by atoms with Crippen molar-refractivity contribution in [2.75, 3.05) is 33.9 Å². The number of quaternary nitrogens is 2. The third-order valence-electron chi connectivity index (χ3n) is 7.11. The second kappa shape index (κ2) is 14.4. The van der Waals surface area contributed by atoms with Gasteiger partial charge in [-0.2, -0.15) is 0 Å². The Morgan fingerprint density at radius 3 is 2.32 bits per heavy atom. The van der Waals surface area contributed by atoms with Crippen LogP contribution in [0.15, 0.2) is 24.3 Å². The first-order valence-electron chi connectivity index (χ1n) is 12.8. The molecule has 0 heterocycles. The molecule has 7 heteroatoms. The van der Waals surface area contributed by atoms with Gasteiger partial charge in [-0.3, -0.25) is 14.9 Å². The van der Waals surface area contributed by atoms with Crippen LogP contribution >= 0.6 is 0 Å². The number of carbonyl (C=O) groups is 2. The van der Waals surface area contributed by atoms with E-state index in [9.17, 15) is 14.7 Å². The normalized spacial score (nSPS) is 16.7. The third-order valence-corrected chi connectivity index (χ3v) is 7.11. The van der Waals surface area contributed by atoms with Crippen molar-refractivity contribution in [3.8, 4) is 0 Å². The smallest absolute Gasteiger partial charge is 0.311 e. The van der Waals surface area contributed by atoms with Crippen molar-refractivity contribution in [3.63, 3.8) is 0 Å². The number of rotatable bonds is 15. The summed E-state index contributed by atoms with van der Waals surface area (Å²) in [6.07, 6.45) is 1.98. The number of aliphatic hydroxyl groups excluding tert-OH is 1. The van der Waals surface area contributed by atoms with Crippen LogP contribution in [0, 0.1) is 11.3 Å². The Morgan fingerprint density at radius 1 is 1.18 bits per heavy atom. The topological polar surface area (TPSA) is 111 Å². The summed E-state index contributed by atoms with van der Waals surface area (Å²) in [6, 6.07) is 8.65. The zero-order valence-corrected chi connectivity index (χ0v) is 22.5. The highest BCUT2D eigenvalue weighted by atomic mass is 16.5. The van der Waals surface area contributed by atoms with Gasteiger partial charge in [0.25, 0.3) is 0 Å². The second-order valence-electron chi connectivity index (χ2n) is 10.2. The van der Waals surface area contributed by atoms with E-state index in [0.29, 0.717) is 38.4 Å². The zero-order chi connectivity index (χ0) is 25.9. The molecule has 0 aliphatic rings. The predicted molar refractivity (Wildman–Crippen MR) is 135 cm³/mol. The lowest BCUT2D eigenvalue weighted by atomic mass is 9.75. The number of nitrogens with zero attached hydrogens (tertiary/aromatic N) is 1. The van der Waals surface area contributed by atoms with Crippen molar-refractivity contribution in [3.05, 3.63) is 35.4 Å². The molecule has 0 aliphatic carbocycles. The highest BCUT2D eigenvalue weighted by Gasteiger charge is 2.39. The van der Waals surface area contributed by atoms with Gasteiger partial charge < -0.3 is 20.5 Å². The van der Waals surface area contributed by atoms with E-state index in [0.717, 1.165) is 6.42 Å². The summed E-state index contributed by atoms with van der Waals surface area (Å²) in [5.41, 5.74) is 5.46. The van der Waals surface area contributed by atoms with Gasteiger partial charge >= 0.3 is 5.97 Å². The summed E-state index contributed by atoms with van der Waals surface area (Å²) in [5.74, 6) is 0.0365. The fraction of sp³-hybridized carbons (Fsp3) is 0.704. The first kappa shape index (κ1) is 30.1. The molecule has 5 unspecified atom stereocenters. The van der Waals surface area contributed by atoms with Crippen molar-refractivity contribution in [1.82, 2.24) is 4.90 Å². The Hall–Kier alpha value is -1.96. The molecule has 0 spiro atoms. The third kappa shape index (κ3) is 9.01. The van der Waals surface area contributed by atoms with E-state index in [2.05, 4.69) is 50.8 Å². The standard InChI is InChI=1S/C27H47N3O4/c1-8-19(3)21-11-10-12-22(14-21)20(4)13-23(25(32)30(6)7)15-27(5,9-2)26(33)34-17-24(31)16-29-18-28/h10-12,14,19-20,23-24,29,31H,8-9,13,15-18,28H2,1-7H3/p+2. The van der Waals surface area contributed by atoms with Crippen molar-refractivity contribution in [1.29, 1.82) is 0 Å². The molecule has 0 aromatic heterocycles. The summed E-state index contributed by atoms with van der Waals surface area (Å²) in [4.78, 5) is 27.8. The Kier molecular flexibility index (Phi) is 12.8. The lowest BCUT2D eigenvalue weighted by Gasteiger charge is -2.32. The quantitative estimate of drug-likeness (QED) is 0.263. The minimum Gasteiger partial charge on any atom is -0.462 e. The SMILES string of the molecule is CCC(C)c1cccc(C(C)CC(CC(C)(CC)C(=O)OCC(O)C[NH2+]C[NH3+])C(=O)N(C)C)c1. The zero-order valence-electron chi connectivity index (χ0n) is 22.5. The monoisotopic (exact) mass is 479 g/mol. The van der Waals surface area contributed by atoms with E-state index < -0.39 is 11.5 Å². The van der Waals surface area contributed by atoms with Crippen molar-refractivity contribution >= 4 is 11.9 Å². The summed E-state index contributed by atoms with van der Waals surface area (Å²) in [7, 11) is 3.53. The summed E-state index contributed by atoms with van der Waals surface area (Å²) in [5, 5.41) is 11.9. The molecule has 5 atom stereocenters. The fourth-order valence-corrected chi connectivity index (χ4v) is 4.25. The van der Waals surface area contributed by atoms with Crippen LogP contribution < -0.4 is 11.1 Å². The number of nitrogens with two attached hydrogens (primary N) is 1. The van der Waals surface area contributed by atoms with Crippen LogP contribution in [0.3, 0.4) is 0 Å². The number of benzene rings is 1. The van der Waals surface area contributed by atoms with Gasteiger partial charge in [0, 0.05) is 20.0 Å². The van der Waals surface area contributed by atoms with Gasteiger partial charge in [0.2, 0.25) is 5.91 Å². The molecular formula is C27H49N3O4+2. The number of aliphatic hydroxyl groups is 1. The summed E-state index contributed by atoms with van der Waals surface area (Å²) < 4.78 is 5.49. The number of hydrogen-bond acceptors (Lipinski definition) is 4. The van der Waals surface area contributed by atoms with Crippen molar-refractivity contribution < 1.29 is 30.5 Å². The number of carbonyl (C=O) groups excluding carboxylic acids is 2. The molecule has 0 saturated heterocycles. The van der Waals surface area contributed by atoms with Crippen molar-refractivity contribution in [2.24, 2.45) is 11.3 Å². The number of esters is 1. The lowest BCUT2D eigenvalue weighted by Crippen LogP contribution is -2.96. The molecule has 6 N–H and O–H groups in total. The molecule has 1 amide bonds. The van der Waals surface area contributed by atoms with Crippen LogP contribution in [0.2, 0.25) is 0 Å². The molecule has 0 saturated carbocycles. The molecule has 1 aromatic carbocycles. The molecule has 0 fully saturated rings. The van der Waals surface area contributed by atoms with Gasteiger partial charge in [0.15, 0.2) is 6.67 Å². The minimum atomic E-state index is -0.801. The van der Waals surface area contributed by atoms with Gasteiger partial charge in [0.05, 0.1) is 5.41 Å². The highest BCUT2D eigenvalue weighted by molar-refractivity contribution is 5.81. The van der Waals surface area contributed by atoms with Crippen LogP contribution in [-0.4, -0.2) is 61.9 Å². The maximum absolute atomic E-state index is 13.2. The molecule has 34 heavy (non-hydrogen) atoms. The maximum atomic E-state index is 13.2. The Labute approximate surface area is 206 Å². The molecule has 7 nitrogen and oxygen atoms in total. The Balaban J connectivity index is 3.01. The molecular weight excluding hydrogens is 430 g/mol. The van der Waals surface area contributed by atoms with E-state index in [1.54, 1.807) is 19.0 Å². The van der Waals surface area contributed by atoms with Gasteiger partial charge in [-0.25, -0.2) is 0 Å². The largest absolute Gasteiger partial charge is 0.462 e. The minimum absolute atomic E-state index is 0.0301. The molecule has 0 bridgehead atoms.